The first-order valence-electron chi connectivity index (χ1n) is 5.77. The molecule has 0 aliphatic heterocycles. The van der Waals surface area contributed by atoms with Crippen molar-refractivity contribution in [2.45, 2.75) is 0 Å². The molecule has 2 rings (SSSR count). The zero-order valence-electron chi connectivity index (χ0n) is 11.2. The zero-order chi connectivity index (χ0) is 15.4. The largest absolute Gasteiger partial charge is 0.495 e. The van der Waals surface area contributed by atoms with E-state index in [1.165, 1.54) is 26.4 Å². The molecule has 0 saturated carbocycles. The van der Waals surface area contributed by atoms with Crippen molar-refractivity contribution in [1.82, 2.24) is 10.2 Å². The molecule has 0 radical (unpaired) electrons. The number of rotatable bonds is 4. The minimum Gasteiger partial charge on any atom is -0.495 e. The second kappa shape index (κ2) is 6.60. The van der Waals surface area contributed by atoms with E-state index in [9.17, 15) is 4.79 Å². The molecule has 0 saturated heterocycles. The lowest BCUT2D eigenvalue weighted by molar-refractivity contribution is 0.102. The minimum absolute atomic E-state index is 0.121. The summed E-state index contributed by atoms with van der Waals surface area (Å²) in [5.41, 5.74) is 0.524. The number of benzene rings is 1. The fraction of sp³-hybridized carbons (Fsp3) is 0.154. The standard InChI is InChI=1S/C13H11Cl2N3O3/c1-20-10-6-9(11(21-2)5-7(10)14)16-13(19)8-3-4-12(15)18-17-8/h3-6H,1-2H3,(H,16,19). The number of carbonyl (C=O) groups excluding carboxylic acids is 1. The topological polar surface area (TPSA) is 73.3 Å². The number of nitrogens with one attached hydrogen (secondary N) is 1. The van der Waals surface area contributed by atoms with Crippen LogP contribution in [0.5, 0.6) is 11.5 Å². The Bertz CT molecular complexity index is 662. The average molecular weight is 328 g/mol. The van der Waals surface area contributed by atoms with Gasteiger partial charge in [0.05, 0.1) is 24.9 Å². The van der Waals surface area contributed by atoms with Crippen LogP contribution in [0, 0.1) is 0 Å². The van der Waals surface area contributed by atoms with Crippen LogP contribution in [0.4, 0.5) is 5.69 Å². The van der Waals surface area contributed by atoms with Gasteiger partial charge >= 0.3 is 0 Å². The van der Waals surface area contributed by atoms with Gasteiger partial charge in [-0.05, 0) is 12.1 Å². The number of carbonyl (C=O) groups is 1. The predicted octanol–water partition coefficient (Wildman–Crippen LogP) is 3.05. The number of halogens is 2. The molecule has 1 aromatic heterocycles. The van der Waals surface area contributed by atoms with Crippen molar-refractivity contribution in [3.05, 3.63) is 40.1 Å². The molecular formula is C13H11Cl2N3O3. The summed E-state index contributed by atoms with van der Waals surface area (Å²) in [5, 5.41) is 10.5. The fourth-order valence-corrected chi connectivity index (χ4v) is 1.91. The summed E-state index contributed by atoms with van der Waals surface area (Å²) < 4.78 is 10.3. The van der Waals surface area contributed by atoms with Gasteiger partial charge in [-0.2, -0.15) is 0 Å². The number of ether oxygens (including phenoxy) is 2. The second-order valence-electron chi connectivity index (χ2n) is 3.88. The van der Waals surface area contributed by atoms with Crippen LogP contribution >= 0.6 is 23.2 Å². The molecule has 21 heavy (non-hydrogen) atoms. The van der Waals surface area contributed by atoms with Crippen molar-refractivity contribution in [3.63, 3.8) is 0 Å². The zero-order valence-corrected chi connectivity index (χ0v) is 12.7. The quantitative estimate of drug-likeness (QED) is 0.934. The van der Waals surface area contributed by atoms with Crippen molar-refractivity contribution in [1.29, 1.82) is 0 Å². The summed E-state index contributed by atoms with van der Waals surface area (Å²) in [5.74, 6) is 0.355. The van der Waals surface area contributed by atoms with E-state index < -0.39 is 5.91 Å². The van der Waals surface area contributed by atoms with E-state index in [1.807, 2.05) is 0 Å². The molecule has 1 aromatic carbocycles. The first-order valence-corrected chi connectivity index (χ1v) is 6.53. The van der Waals surface area contributed by atoms with Gasteiger partial charge in [-0.25, -0.2) is 0 Å². The third-order valence-corrected chi connectivity index (χ3v) is 3.08. The van der Waals surface area contributed by atoms with E-state index in [0.29, 0.717) is 22.2 Å². The molecule has 1 heterocycles. The second-order valence-corrected chi connectivity index (χ2v) is 4.68. The Labute approximate surface area is 131 Å². The van der Waals surface area contributed by atoms with Gasteiger partial charge in [0.25, 0.3) is 5.91 Å². The number of nitrogens with zero attached hydrogens (tertiary/aromatic N) is 2. The number of anilines is 1. The summed E-state index contributed by atoms with van der Waals surface area (Å²) >= 11 is 11.6. The Kier molecular flexibility index (Phi) is 4.82. The highest BCUT2D eigenvalue weighted by molar-refractivity contribution is 6.32. The van der Waals surface area contributed by atoms with Crippen molar-refractivity contribution in [3.8, 4) is 11.5 Å². The average Bonchev–Trinajstić information content (AvgIpc) is 2.49. The van der Waals surface area contributed by atoms with Gasteiger partial charge in [0.15, 0.2) is 10.8 Å². The molecule has 0 aliphatic rings. The van der Waals surface area contributed by atoms with Crippen molar-refractivity contribution in [2.75, 3.05) is 19.5 Å². The van der Waals surface area contributed by atoms with E-state index in [-0.39, 0.29) is 10.8 Å². The Balaban J connectivity index is 2.29. The van der Waals surface area contributed by atoms with Crippen LogP contribution in [0.1, 0.15) is 10.5 Å². The molecule has 8 heteroatoms. The fourth-order valence-electron chi connectivity index (χ4n) is 1.58. The van der Waals surface area contributed by atoms with Crippen molar-refractivity contribution < 1.29 is 14.3 Å². The SMILES string of the molecule is COc1cc(NC(=O)c2ccc(Cl)nn2)c(OC)cc1Cl. The lowest BCUT2D eigenvalue weighted by Crippen LogP contribution is -2.15. The van der Waals surface area contributed by atoms with E-state index in [2.05, 4.69) is 15.5 Å². The molecule has 0 unspecified atom stereocenters. The van der Waals surface area contributed by atoms with Crippen molar-refractivity contribution >= 4 is 34.8 Å². The number of hydrogen-bond acceptors (Lipinski definition) is 5. The Morgan fingerprint density at radius 2 is 1.81 bits per heavy atom. The van der Waals surface area contributed by atoms with E-state index >= 15 is 0 Å². The monoisotopic (exact) mass is 327 g/mol. The predicted molar refractivity (Wildman–Crippen MR) is 79.6 cm³/mol. The van der Waals surface area contributed by atoms with Gasteiger partial charge in [0.1, 0.15) is 11.5 Å². The molecule has 2 aromatic rings. The Morgan fingerprint density at radius 1 is 1.10 bits per heavy atom. The number of methoxy groups -OCH3 is 2. The molecule has 0 atom stereocenters. The van der Waals surface area contributed by atoms with Crippen molar-refractivity contribution in [2.24, 2.45) is 0 Å². The molecule has 0 spiro atoms. The summed E-state index contributed by atoms with van der Waals surface area (Å²) in [6.45, 7) is 0. The van der Waals surface area contributed by atoms with Crippen LogP contribution in [0.3, 0.4) is 0 Å². The third kappa shape index (κ3) is 3.53. The van der Waals surface area contributed by atoms with E-state index in [4.69, 9.17) is 32.7 Å². The first-order chi connectivity index (χ1) is 10.0. The third-order valence-electron chi connectivity index (χ3n) is 2.59. The number of aromatic nitrogens is 2. The first kappa shape index (κ1) is 15.3. The van der Waals surface area contributed by atoms with E-state index in [1.54, 1.807) is 12.1 Å². The summed E-state index contributed by atoms with van der Waals surface area (Å²) in [6.07, 6.45) is 0. The summed E-state index contributed by atoms with van der Waals surface area (Å²) in [6, 6.07) is 6.04. The lowest BCUT2D eigenvalue weighted by Gasteiger charge is -2.12. The van der Waals surface area contributed by atoms with Gasteiger partial charge in [-0.1, -0.05) is 23.2 Å². The lowest BCUT2D eigenvalue weighted by atomic mass is 10.2. The highest BCUT2D eigenvalue weighted by Crippen LogP contribution is 2.35. The minimum atomic E-state index is -0.457. The van der Waals surface area contributed by atoms with Gasteiger partial charge in [0, 0.05) is 12.1 Å². The van der Waals surface area contributed by atoms with Gasteiger partial charge in [-0.3, -0.25) is 4.79 Å². The van der Waals surface area contributed by atoms with E-state index in [0.717, 1.165) is 0 Å². The number of hydrogen-bond donors (Lipinski definition) is 1. The summed E-state index contributed by atoms with van der Waals surface area (Å²) in [7, 11) is 2.94. The molecular weight excluding hydrogens is 317 g/mol. The molecule has 0 aliphatic carbocycles. The van der Waals surface area contributed by atoms with Crippen LogP contribution in [0.25, 0.3) is 0 Å². The Hall–Kier alpha value is -2.05. The van der Waals surface area contributed by atoms with Gasteiger partial charge < -0.3 is 14.8 Å². The molecule has 6 nitrogen and oxygen atoms in total. The van der Waals surface area contributed by atoms with Crippen LogP contribution in [-0.4, -0.2) is 30.3 Å². The maximum absolute atomic E-state index is 12.1. The smallest absolute Gasteiger partial charge is 0.276 e. The molecule has 110 valence electrons. The van der Waals surface area contributed by atoms with Gasteiger partial charge in [0.2, 0.25) is 0 Å². The molecule has 1 amide bonds. The van der Waals surface area contributed by atoms with Gasteiger partial charge in [-0.15, -0.1) is 10.2 Å². The van der Waals surface area contributed by atoms with Crippen LogP contribution in [-0.2, 0) is 0 Å². The molecule has 0 bridgehead atoms. The normalized spacial score (nSPS) is 10.1. The highest BCUT2D eigenvalue weighted by Gasteiger charge is 2.14. The maximum Gasteiger partial charge on any atom is 0.276 e. The maximum atomic E-state index is 12.1. The van der Waals surface area contributed by atoms with Crippen LogP contribution < -0.4 is 14.8 Å². The van der Waals surface area contributed by atoms with Crippen LogP contribution in [0.15, 0.2) is 24.3 Å². The summed E-state index contributed by atoms with van der Waals surface area (Å²) in [4.78, 5) is 12.1. The van der Waals surface area contributed by atoms with Crippen LogP contribution in [0.2, 0.25) is 10.2 Å². The molecule has 0 fully saturated rings. The highest BCUT2D eigenvalue weighted by atomic mass is 35.5. The number of amides is 1. The Morgan fingerprint density at radius 3 is 2.38 bits per heavy atom. The molecule has 1 N–H and O–H groups in total.